The molecule has 2 atom stereocenters. The van der Waals surface area contributed by atoms with Crippen molar-refractivity contribution in [2.45, 2.75) is 45.3 Å². The summed E-state index contributed by atoms with van der Waals surface area (Å²) in [4.78, 5) is 18.4. The Labute approximate surface area is 182 Å². The monoisotopic (exact) mass is 434 g/mol. The molecule has 1 aromatic heterocycles. The van der Waals surface area contributed by atoms with Crippen LogP contribution in [0.25, 0.3) is 0 Å². The van der Waals surface area contributed by atoms with Gasteiger partial charge < -0.3 is 14.7 Å². The predicted octanol–water partition coefficient (Wildman–Crippen LogP) is 3.87. The number of benzene rings is 1. The lowest BCUT2D eigenvalue weighted by Crippen LogP contribution is -2.47. The van der Waals surface area contributed by atoms with Crippen LogP contribution in [0.4, 0.5) is 4.39 Å². The number of thiophene rings is 1. The minimum absolute atomic E-state index is 0.0326. The van der Waals surface area contributed by atoms with E-state index in [0.717, 1.165) is 24.8 Å². The maximum absolute atomic E-state index is 13.5. The number of ether oxygens (including phenoxy) is 1. The molecule has 1 aromatic carbocycles. The number of hydrogen-bond donors (Lipinski definition) is 1. The molecule has 164 valence electrons. The third-order valence-corrected chi connectivity index (χ3v) is 6.51. The topological polar surface area (TPSA) is 53.0 Å². The van der Waals surface area contributed by atoms with E-state index < -0.39 is 6.10 Å². The summed E-state index contributed by atoms with van der Waals surface area (Å²) < 4.78 is 19.4. The summed E-state index contributed by atoms with van der Waals surface area (Å²) in [5, 5.41) is 12.2. The molecule has 0 fully saturated rings. The Morgan fingerprint density at radius 3 is 2.97 bits per heavy atom. The van der Waals surface area contributed by atoms with Crippen molar-refractivity contribution in [3.8, 4) is 5.75 Å². The SMILES string of the molecule is CCCC(O)CN(CC)CC(=O)N1CCc2sccc2C1COc1cccc(F)c1. The lowest BCUT2D eigenvalue weighted by atomic mass is 10.0. The number of aliphatic hydroxyl groups excluding tert-OH is 1. The Kier molecular flexibility index (Phi) is 8.24. The molecule has 0 saturated heterocycles. The molecule has 2 unspecified atom stereocenters. The molecule has 1 aliphatic heterocycles. The summed E-state index contributed by atoms with van der Waals surface area (Å²) in [6.45, 7) is 6.44. The number of halogens is 1. The average molecular weight is 435 g/mol. The van der Waals surface area contributed by atoms with Crippen molar-refractivity contribution in [3.05, 3.63) is 52.0 Å². The van der Waals surface area contributed by atoms with Crippen LogP contribution in [0, 0.1) is 5.82 Å². The number of nitrogens with zero attached hydrogens (tertiary/aromatic N) is 2. The molecule has 3 rings (SSSR count). The van der Waals surface area contributed by atoms with E-state index in [2.05, 4.69) is 6.07 Å². The van der Waals surface area contributed by atoms with E-state index in [1.807, 2.05) is 29.0 Å². The smallest absolute Gasteiger partial charge is 0.237 e. The Balaban J connectivity index is 1.70. The van der Waals surface area contributed by atoms with Crippen molar-refractivity contribution in [3.63, 3.8) is 0 Å². The van der Waals surface area contributed by atoms with E-state index in [1.165, 1.54) is 17.0 Å². The second kappa shape index (κ2) is 10.9. The van der Waals surface area contributed by atoms with Crippen molar-refractivity contribution < 1.29 is 19.0 Å². The van der Waals surface area contributed by atoms with Crippen molar-refractivity contribution in [1.29, 1.82) is 0 Å². The van der Waals surface area contributed by atoms with Gasteiger partial charge in [-0.05, 0) is 48.5 Å². The third kappa shape index (κ3) is 5.80. The van der Waals surface area contributed by atoms with E-state index in [4.69, 9.17) is 4.74 Å². The summed E-state index contributed by atoms with van der Waals surface area (Å²) in [6, 6.07) is 7.94. The lowest BCUT2D eigenvalue weighted by Gasteiger charge is -2.37. The van der Waals surface area contributed by atoms with Crippen LogP contribution in [0.2, 0.25) is 0 Å². The normalized spacial score (nSPS) is 17.1. The molecule has 1 aliphatic rings. The molecule has 1 N–H and O–H groups in total. The number of fused-ring (bicyclic) bond motifs is 1. The second-order valence-electron chi connectivity index (χ2n) is 7.69. The molecule has 2 heterocycles. The molecule has 0 radical (unpaired) electrons. The summed E-state index contributed by atoms with van der Waals surface area (Å²) >= 11 is 1.70. The van der Waals surface area contributed by atoms with Crippen LogP contribution in [0.1, 0.15) is 43.2 Å². The van der Waals surface area contributed by atoms with Crippen molar-refractivity contribution in [2.75, 3.05) is 32.8 Å². The minimum atomic E-state index is -0.417. The largest absolute Gasteiger partial charge is 0.491 e. The summed E-state index contributed by atoms with van der Waals surface area (Å²) in [7, 11) is 0. The van der Waals surface area contributed by atoms with E-state index in [9.17, 15) is 14.3 Å². The molecule has 0 aliphatic carbocycles. The fourth-order valence-corrected chi connectivity index (χ4v) is 4.84. The van der Waals surface area contributed by atoms with Gasteiger partial charge in [-0.15, -0.1) is 11.3 Å². The summed E-state index contributed by atoms with van der Waals surface area (Å²) in [6.07, 6.45) is 2.06. The van der Waals surface area contributed by atoms with Gasteiger partial charge in [0.1, 0.15) is 18.2 Å². The van der Waals surface area contributed by atoms with E-state index in [1.54, 1.807) is 23.5 Å². The average Bonchev–Trinajstić information content (AvgIpc) is 3.20. The molecule has 0 bridgehead atoms. The van der Waals surface area contributed by atoms with Gasteiger partial charge in [-0.2, -0.15) is 0 Å². The van der Waals surface area contributed by atoms with Gasteiger partial charge in [-0.1, -0.05) is 26.3 Å². The maximum atomic E-state index is 13.5. The van der Waals surface area contributed by atoms with Gasteiger partial charge in [0.2, 0.25) is 5.91 Å². The zero-order valence-electron chi connectivity index (χ0n) is 17.7. The standard InChI is InChI=1S/C23H31FN2O3S/c1-3-6-18(27)14-25(4-2)15-23(28)26-11-9-22-20(10-12-30-22)21(26)16-29-19-8-5-7-17(24)13-19/h5,7-8,10,12-13,18,21,27H,3-4,6,9,11,14-16H2,1-2H3. The Morgan fingerprint density at radius 1 is 1.40 bits per heavy atom. The van der Waals surface area contributed by atoms with Crippen molar-refractivity contribution >= 4 is 17.2 Å². The Hall–Kier alpha value is -1.96. The van der Waals surface area contributed by atoms with Gasteiger partial charge in [-0.25, -0.2) is 4.39 Å². The van der Waals surface area contributed by atoms with Crippen LogP contribution in [-0.4, -0.2) is 59.7 Å². The fraction of sp³-hybridized carbons (Fsp3) is 0.522. The first-order chi connectivity index (χ1) is 14.5. The van der Waals surface area contributed by atoms with Gasteiger partial charge in [0.25, 0.3) is 0 Å². The molecule has 0 spiro atoms. The number of amides is 1. The number of rotatable bonds is 10. The lowest BCUT2D eigenvalue weighted by molar-refractivity contribution is -0.136. The molecule has 1 amide bonds. The number of hydrogen-bond acceptors (Lipinski definition) is 5. The van der Waals surface area contributed by atoms with Crippen molar-refractivity contribution in [2.24, 2.45) is 0 Å². The van der Waals surface area contributed by atoms with E-state index in [0.29, 0.717) is 25.4 Å². The zero-order chi connectivity index (χ0) is 21.5. The highest BCUT2D eigenvalue weighted by atomic mass is 32.1. The van der Waals surface area contributed by atoms with Crippen LogP contribution in [0.3, 0.4) is 0 Å². The highest BCUT2D eigenvalue weighted by Crippen LogP contribution is 2.34. The summed E-state index contributed by atoms with van der Waals surface area (Å²) in [5.74, 6) is 0.150. The predicted molar refractivity (Wildman–Crippen MR) is 117 cm³/mol. The van der Waals surface area contributed by atoms with Crippen LogP contribution in [0.15, 0.2) is 35.7 Å². The van der Waals surface area contributed by atoms with Crippen LogP contribution < -0.4 is 4.74 Å². The van der Waals surface area contributed by atoms with E-state index in [-0.39, 0.29) is 30.9 Å². The van der Waals surface area contributed by atoms with Gasteiger partial charge in [0.15, 0.2) is 0 Å². The van der Waals surface area contributed by atoms with Crippen LogP contribution >= 0.6 is 11.3 Å². The first-order valence-corrected chi connectivity index (χ1v) is 11.5. The first-order valence-electron chi connectivity index (χ1n) is 10.7. The van der Waals surface area contributed by atoms with Crippen LogP contribution in [-0.2, 0) is 11.2 Å². The number of likely N-dealkylation sites (N-methyl/N-ethyl adjacent to an activating group) is 1. The van der Waals surface area contributed by atoms with Crippen LogP contribution in [0.5, 0.6) is 5.75 Å². The van der Waals surface area contributed by atoms with Gasteiger partial charge in [0.05, 0.1) is 18.7 Å². The minimum Gasteiger partial charge on any atom is -0.491 e. The quantitative estimate of drug-likeness (QED) is 0.617. The van der Waals surface area contributed by atoms with Gasteiger partial charge in [0, 0.05) is 24.0 Å². The number of carbonyl (C=O) groups excluding carboxylic acids is 1. The zero-order valence-corrected chi connectivity index (χ0v) is 18.5. The second-order valence-corrected chi connectivity index (χ2v) is 8.69. The molecule has 7 heteroatoms. The van der Waals surface area contributed by atoms with Crippen molar-refractivity contribution in [1.82, 2.24) is 9.80 Å². The van der Waals surface area contributed by atoms with Gasteiger partial charge >= 0.3 is 0 Å². The highest BCUT2D eigenvalue weighted by molar-refractivity contribution is 7.10. The first kappa shape index (κ1) is 22.7. The Morgan fingerprint density at radius 2 is 2.23 bits per heavy atom. The fourth-order valence-electron chi connectivity index (χ4n) is 3.92. The van der Waals surface area contributed by atoms with Gasteiger partial charge in [-0.3, -0.25) is 9.69 Å². The molecular weight excluding hydrogens is 403 g/mol. The molecule has 5 nitrogen and oxygen atoms in total. The number of carbonyl (C=O) groups is 1. The third-order valence-electron chi connectivity index (χ3n) is 5.52. The summed E-state index contributed by atoms with van der Waals surface area (Å²) in [5.41, 5.74) is 1.12. The molecule has 0 saturated carbocycles. The molecular formula is C23H31FN2O3S. The van der Waals surface area contributed by atoms with E-state index >= 15 is 0 Å². The maximum Gasteiger partial charge on any atom is 0.237 e. The molecule has 30 heavy (non-hydrogen) atoms. The number of aliphatic hydroxyl groups is 1. The molecule has 2 aromatic rings. The Bertz CT molecular complexity index is 828. The highest BCUT2D eigenvalue weighted by Gasteiger charge is 2.32.